The fraction of sp³-hybridized carbons (Fsp3) is 0.214. The summed E-state index contributed by atoms with van der Waals surface area (Å²) in [4.78, 5) is 4.37. The molecule has 2 aromatic rings. The van der Waals surface area contributed by atoms with Gasteiger partial charge in [-0.25, -0.2) is 4.98 Å². The molecule has 0 saturated heterocycles. The molecule has 3 nitrogen and oxygen atoms in total. The molecule has 0 unspecified atom stereocenters. The van der Waals surface area contributed by atoms with Crippen LogP contribution in [0.15, 0.2) is 42.9 Å². The minimum Gasteiger partial charge on any atom is -0.394 e. The lowest BCUT2D eigenvalue weighted by molar-refractivity contribution is 1.10. The van der Waals surface area contributed by atoms with E-state index in [1.165, 1.54) is 11.1 Å². The molecule has 0 aliphatic heterocycles. The van der Waals surface area contributed by atoms with E-state index in [9.17, 15) is 0 Å². The van der Waals surface area contributed by atoms with E-state index in [-0.39, 0.29) is 0 Å². The Morgan fingerprint density at radius 3 is 2.94 bits per heavy atom. The molecule has 88 valence electrons. The van der Waals surface area contributed by atoms with Gasteiger partial charge in [0.25, 0.3) is 0 Å². The molecule has 1 N–H and O–H groups in total. The average Bonchev–Trinajstić information content (AvgIpc) is 2.82. The number of hydrogen-bond donors (Lipinski definition) is 1. The Morgan fingerprint density at radius 2 is 2.24 bits per heavy atom. The molecule has 0 fully saturated rings. The normalized spacial score (nSPS) is 12.5. The van der Waals surface area contributed by atoms with Crippen molar-refractivity contribution in [2.45, 2.75) is 13.8 Å². The molecule has 0 saturated carbocycles. The lowest BCUT2D eigenvalue weighted by Crippen LogP contribution is -1.97. The van der Waals surface area contributed by atoms with E-state index in [1.54, 1.807) is 0 Å². The Kier molecular flexibility index (Phi) is 3.28. The van der Waals surface area contributed by atoms with E-state index in [0.717, 1.165) is 11.3 Å². The second kappa shape index (κ2) is 4.87. The van der Waals surface area contributed by atoms with Gasteiger partial charge in [0.1, 0.15) is 5.65 Å². The Bertz CT molecular complexity index is 576. The van der Waals surface area contributed by atoms with Crippen LogP contribution in [0.4, 0.5) is 0 Å². The molecule has 2 heterocycles. The van der Waals surface area contributed by atoms with E-state index in [4.69, 9.17) is 0 Å². The van der Waals surface area contributed by atoms with Crippen molar-refractivity contribution in [1.29, 1.82) is 0 Å². The van der Waals surface area contributed by atoms with Crippen LogP contribution in [-0.2, 0) is 0 Å². The molecule has 0 amide bonds. The highest BCUT2D eigenvalue weighted by molar-refractivity contribution is 5.73. The maximum atomic E-state index is 4.37. The van der Waals surface area contributed by atoms with Crippen LogP contribution >= 0.6 is 0 Å². The number of nitrogens with one attached hydrogen (secondary N) is 1. The largest absolute Gasteiger partial charge is 0.394 e. The molecule has 17 heavy (non-hydrogen) atoms. The third-order valence-corrected chi connectivity index (χ3v) is 2.78. The first-order valence-electron chi connectivity index (χ1n) is 5.71. The Balaban J connectivity index is 2.59. The number of allylic oxidation sites excluding steroid dienone is 3. The fourth-order valence-corrected chi connectivity index (χ4v) is 1.89. The average molecular weight is 227 g/mol. The zero-order valence-corrected chi connectivity index (χ0v) is 10.4. The second-order valence-corrected chi connectivity index (χ2v) is 3.89. The lowest BCUT2D eigenvalue weighted by Gasteiger charge is -2.08. The highest BCUT2D eigenvalue weighted by Crippen LogP contribution is 2.19. The van der Waals surface area contributed by atoms with Gasteiger partial charge in [0.2, 0.25) is 0 Å². The first kappa shape index (κ1) is 11.5. The number of aryl methyl sites for hydroxylation is 1. The van der Waals surface area contributed by atoms with Crippen molar-refractivity contribution in [3.05, 3.63) is 54.1 Å². The van der Waals surface area contributed by atoms with Crippen LogP contribution < -0.4 is 5.32 Å². The zero-order chi connectivity index (χ0) is 12.3. The number of aromatic nitrogens is 2. The van der Waals surface area contributed by atoms with Gasteiger partial charge in [-0.1, -0.05) is 12.1 Å². The van der Waals surface area contributed by atoms with Crippen molar-refractivity contribution in [3.63, 3.8) is 0 Å². The molecular weight excluding hydrogens is 210 g/mol. The third kappa shape index (κ3) is 2.09. The molecule has 0 bridgehead atoms. The summed E-state index contributed by atoms with van der Waals surface area (Å²) in [5, 5.41) is 3.01. The van der Waals surface area contributed by atoms with Crippen LogP contribution in [-0.4, -0.2) is 16.4 Å². The molecule has 3 heteroatoms. The maximum absolute atomic E-state index is 4.37. The summed E-state index contributed by atoms with van der Waals surface area (Å²) in [7, 11) is 1.89. The quantitative estimate of drug-likeness (QED) is 0.817. The summed E-state index contributed by atoms with van der Waals surface area (Å²) in [6, 6.07) is 4.23. The van der Waals surface area contributed by atoms with Gasteiger partial charge in [-0.05, 0) is 43.3 Å². The van der Waals surface area contributed by atoms with E-state index >= 15 is 0 Å². The molecule has 0 aliphatic carbocycles. The van der Waals surface area contributed by atoms with Crippen molar-refractivity contribution in [3.8, 4) is 0 Å². The fourth-order valence-electron chi connectivity index (χ4n) is 1.89. The van der Waals surface area contributed by atoms with Crippen molar-refractivity contribution >= 4 is 11.2 Å². The zero-order valence-electron chi connectivity index (χ0n) is 10.4. The topological polar surface area (TPSA) is 29.3 Å². The monoisotopic (exact) mass is 227 g/mol. The molecule has 0 aliphatic rings. The van der Waals surface area contributed by atoms with Crippen molar-refractivity contribution in [2.75, 3.05) is 7.05 Å². The van der Waals surface area contributed by atoms with Crippen molar-refractivity contribution in [1.82, 2.24) is 14.7 Å². The Morgan fingerprint density at radius 1 is 1.41 bits per heavy atom. The summed E-state index contributed by atoms with van der Waals surface area (Å²) in [6.07, 6.45) is 9.91. The number of rotatable bonds is 3. The van der Waals surface area contributed by atoms with Crippen molar-refractivity contribution < 1.29 is 0 Å². The number of fused-ring (bicyclic) bond motifs is 1. The predicted octanol–water partition coefficient (Wildman–Crippen LogP) is 2.78. The SMILES string of the molecule is C/C=C(\C=C/NC)c1ccc(C)c2nccn12. The maximum Gasteiger partial charge on any atom is 0.140 e. The van der Waals surface area contributed by atoms with Gasteiger partial charge in [0, 0.05) is 19.4 Å². The summed E-state index contributed by atoms with van der Waals surface area (Å²) >= 11 is 0. The van der Waals surface area contributed by atoms with E-state index in [2.05, 4.69) is 45.9 Å². The Hall–Kier alpha value is -2.03. The summed E-state index contributed by atoms with van der Waals surface area (Å²) in [5.41, 5.74) is 4.52. The number of hydrogen-bond acceptors (Lipinski definition) is 2. The van der Waals surface area contributed by atoms with Gasteiger partial charge in [-0.2, -0.15) is 0 Å². The summed E-state index contributed by atoms with van der Waals surface area (Å²) in [6.45, 7) is 4.11. The smallest absolute Gasteiger partial charge is 0.140 e. The molecule has 0 atom stereocenters. The summed E-state index contributed by atoms with van der Waals surface area (Å²) in [5.74, 6) is 0. The highest BCUT2D eigenvalue weighted by atomic mass is 15.0. The van der Waals surface area contributed by atoms with E-state index in [1.807, 2.05) is 32.6 Å². The van der Waals surface area contributed by atoms with Gasteiger partial charge in [0.05, 0.1) is 5.69 Å². The predicted molar refractivity (Wildman–Crippen MR) is 71.8 cm³/mol. The number of imidazole rings is 1. The van der Waals surface area contributed by atoms with Crippen LogP contribution in [0.3, 0.4) is 0 Å². The summed E-state index contributed by atoms with van der Waals surface area (Å²) < 4.78 is 2.12. The molecule has 2 aromatic heterocycles. The van der Waals surface area contributed by atoms with Gasteiger partial charge in [-0.3, -0.25) is 4.40 Å². The van der Waals surface area contributed by atoms with Crippen LogP contribution in [0.5, 0.6) is 0 Å². The van der Waals surface area contributed by atoms with Crippen LogP contribution in [0.1, 0.15) is 18.2 Å². The minimum absolute atomic E-state index is 1.01. The van der Waals surface area contributed by atoms with Gasteiger partial charge in [0.15, 0.2) is 0 Å². The molecular formula is C14H17N3. The first-order chi connectivity index (χ1) is 8.27. The lowest BCUT2D eigenvalue weighted by atomic mass is 10.1. The van der Waals surface area contributed by atoms with Crippen LogP contribution in [0, 0.1) is 6.92 Å². The highest BCUT2D eigenvalue weighted by Gasteiger charge is 2.05. The van der Waals surface area contributed by atoms with Crippen molar-refractivity contribution in [2.24, 2.45) is 0 Å². The molecule has 0 radical (unpaired) electrons. The van der Waals surface area contributed by atoms with Gasteiger partial charge < -0.3 is 5.32 Å². The molecule has 0 spiro atoms. The number of pyridine rings is 1. The molecule has 2 rings (SSSR count). The standard InChI is InChI=1S/C14H17N3/c1-4-12(7-8-15-3)13-6-5-11(2)14-16-9-10-17(13)14/h4-10,15H,1-3H3/b8-7-,12-4+. The minimum atomic E-state index is 1.01. The van der Waals surface area contributed by atoms with E-state index in [0.29, 0.717) is 0 Å². The number of nitrogens with zero attached hydrogens (tertiary/aromatic N) is 2. The third-order valence-electron chi connectivity index (χ3n) is 2.78. The van der Waals surface area contributed by atoms with Crippen LogP contribution in [0.25, 0.3) is 11.2 Å². The van der Waals surface area contributed by atoms with Gasteiger partial charge >= 0.3 is 0 Å². The van der Waals surface area contributed by atoms with E-state index < -0.39 is 0 Å². The molecule has 0 aromatic carbocycles. The second-order valence-electron chi connectivity index (χ2n) is 3.89. The Labute approximate surface area is 101 Å². The first-order valence-corrected chi connectivity index (χ1v) is 5.71. The van der Waals surface area contributed by atoms with Crippen LogP contribution in [0.2, 0.25) is 0 Å². The van der Waals surface area contributed by atoms with Gasteiger partial charge in [-0.15, -0.1) is 0 Å².